The zero-order chi connectivity index (χ0) is 11.8. The van der Waals surface area contributed by atoms with Crippen molar-refractivity contribution in [2.45, 2.75) is 37.3 Å². The minimum atomic E-state index is -1.08. The Morgan fingerprint density at radius 3 is 2.56 bits per heavy atom. The average Bonchev–Trinajstić information content (AvgIpc) is 2.22. The van der Waals surface area contributed by atoms with E-state index in [4.69, 9.17) is 17.3 Å². The Hall–Kier alpha value is -0.640. The summed E-state index contributed by atoms with van der Waals surface area (Å²) < 4.78 is 13.7. The van der Waals surface area contributed by atoms with Crippen LogP contribution in [0.25, 0.3) is 0 Å². The Labute approximate surface area is 99.2 Å². The van der Waals surface area contributed by atoms with Gasteiger partial charge in [0.2, 0.25) is 0 Å². The first-order valence-corrected chi connectivity index (χ1v) is 5.82. The predicted molar refractivity (Wildman–Crippen MR) is 61.8 cm³/mol. The average molecular weight is 244 g/mol. The molecule has 88 valence electrons. The second-order valence-corrected chi connectivity index (χ2v) is 4.93. The van der Waals surface area contributed by atoms with E-state index in [9.17, 15) is 9.50 Å². The van der Waals surface area contributed by atoms with E-state index in [1.54, 1.807) is 12.1 Å². The van der Waals surface area contributed by atoms with Gasteiger partial charge in [-0.15, -0.1) is 0 Å². The van der Waals surface area contributed by atoms with Gasteiger partial charge >= 0.3 is 0 Å². The van der Waals surface area contributed by atoms with Gasteiger partial charge in [0.25, 0.3) is 0 Å². The maximum absolute atomic E-state index is 13.7. The number of hydrogen-bond acceptors (Lipinski definition) is 2. The van der Waals surface area contributed by atoms with E-state index in [0.717, 1.165) is 12.8 Å². The van der Waals surface area contributed by atoms with E-state index in [2.05, 4.69) is 0 Å². The number of hydrogen-bond donors (Lipinski definition) is 2. The first kappa shape index (κ1) is 11.8. The van der Waals surface area contributed by atoms with E-state index in [1.807, 2.05) is 0 Å². The molecule has 1 fully saturated rings. The summed E-state index contributed by atoms with van der Waals surface area (Å²) in [6.07, 6.45) is 2.45. The van der Waals surface area contributed by atoms with Crippen LogP contribution in [-0.4, -0.2) is 11.1 Å². The fourth-order valence-corrected chi connectivity index (χ4v) is 2.41. The molecule has 3 N–H and O–H groups in total. The molecule has 0 heterocycles. The van der Waals surface area contributed by atoms with Crippen molar-refractivity contribution in [3.8, 4) is 0 Å². The van der Waals surface area contributed by atoms with Crippen LogP contribution in [0, 0.1) is 5.82 Å². The van der Waals surface area contributed by atoms with Crippen molar-refractivity contribution in [2.24, 2.45) is 5.73 Å². The summed E-state index contributed by atoms with van der Waals surface area (Å²) in [6.45, 7) is 0. The number of benzene rings is 1. The highest BCUT2D eigenvalue weighted by Crippen LogP contribution is 2.38. The molecule has 2 rings (SSSR count). The smallest absolute Gasteiger partial charge is 0.130 e. The van der Waals surface area contributed by atoms with Gasteiger partial charge < -0.3 is 10.8 Å². The Morgan fingerprint density at radius 1 is 1.38 bits per heavy atom. The van der Waals surface area contributed by atoms with Gasteiger partial charge in [-0.1, -0.05) is 17.7 Å². The summed E-state index contributed by atoms with van der Waals surface area (Å²) in [4.78, 5) is 0. The highest BCUT2D eigenvalue weighted by molar-refractivity contribution is 6.30. The number of aliphatic hydroxyl groups is 1. The van der Waals surface area contributed by atoms with Crippen molar-refractivity contribution in [2.75, 3.05) is 0 Å². The molecular weight excluding hydrogens is 229 g/mol. The van der Waals surface area contributed by atoms with Crippen LogP contribution in [0.3, 0.4) is 0 Å². The Morgan fingerprint density at radius 2 is 2.00 bits per heavy atom. The number of nitrogens with two attached hydrogens (primary N) is 1. The molecule has 0 bridgehead atoms. The van der Waals surface area contributed by atoms with Crippen LogP contribution >= 0.6 is 11.6 Å². The molecule has 0 atom stereocenters. The lowest BCUT2D eigenvalue weighted by atomic mass is 9.78. The SMILES string of the molecule is NC1CCC(O)(c2ccc(Cl)cc2F)CC1. The third-order valence-electron chi connectivity index (χ3n) is 3.29. The lowest BCUT2D eigenvalue weighted by Crippen LogP contribution is -2.37. The van der Waals surface area contributed by atoms with Gasteiger partial charge in [0, 0.05) is 16.6 Å². The highest BCUT2D eigenvalue weighted by atomic mass is 35.5. The van der Waals surface area contributed by atoms with E-state index in [0.29, 0.717) is 23.4 Å². The van der Waals surface area contributed by atoms with Gasteiger partial charge in [0.15, 0.2) is 0 Å². The maximum Gasteiger partial charge on any atom is 0.130 e. The predicted octanol–water partition coefficient (Wildman–Crippen LogP) is 2.57. The zero-order valence-electron chi connectivity index (χ0n) is 8.92. The van der Waals surface area contributed by atoms with E-state index >= 15 is 0 Å². The van der Waals surface area contributed by atoms with E-state index in [1.165, 1.54) is 6.07 Å². The normalized spacial score (nSPS) is 30.4. The lowest BCUT2D eigenvalue weighted by Gasteiger charge is -2.35. The van der Waals surface area contributed by atoms with Crippen molar-refractivity contribution in [3.05, 3.63) is 34.6 Å². The summed E-state index contributed by atoms with van der Waals surface area (Å²) >= 11 is 5.68. The molecule has 1 saturated carbocycles. The molecule has 0 radical (unpaired) electrons. The van der Waals surface area contributed by atoms with Gasteiger partial charge in [0.05, 0.1) is 5.60 Å². The maximum atomic E-state index is 13.7. The summed E-state index contributed by atoms with van der Waals surface area (Å²) in [5.74, 6) is -0.439. The molecule has 1 aliphatic rings. The summed E-state index contributed by atoms with van der Waals surface area (Å²) in [5, 5.41) is 10.7. The van der Waals surface area contributed by atoms with E-state index in [-0.39, 0.29) is 6.04 Å². The highest BCUT2D eigenvalue weighted by Gasteiger charge is 2.35. The monoisotopic (exact) mass is 243 g/mol. The molecule has 1 aromatic carbocycles. The molecule has 1 aromatic rings. The van der Waals surface area contributed by atoms with Gasteiger partial charge in [-0.3, -0.25) is 0 Å². The van der Waals surface area contributed by atoms with Crippen LogP contribution < -0.4 is 5.73 Å². The fourth-order valence-electron chi connectivity index (χ4n) is 2.25. The topological polar surface area (TPSA) is 46.2 Å². The first-order chi connectivity index (χ1) is 7.51. The molecule has 0 aromatic heterocycles. The minimum Gasteiger partial charge on any atom is -0.385 e. The number of halogens is 2. The zero-order valence-corrected chi connectivity index (χ0v) is 9.67. The van der Waals surface area contributed by atoms with Crippen molar-refractivity contribution in [3.63, 3.8) is 0 Å². The minimum absolute atomic E-state index is 0.121. The quantitative estimate of drug-likeness (QED) is 0.796. The van der Waals surface area contributed by atoms with E-state index < -0.39 is 11.4 Å². The third kappa shape index (κ3) is 2.21. The summed E-state index contributed by atoms with van der Waals surface area (Å²) in [6, 6.07) is 4.53. The molecule has 16 heavy (non-hydrogen) atoms. The Kier molecular flexibility index (Phi) is 3.19. The standard InChI is InChI=1S/C12H15ClFNO/c13-8-1-2-10(11(14)7-8)12(16)5-3-9(15)4-6-12/h1-2,7,9,16H,3-6,15H2. The second kappa shape index (κ2) is 4.32. The molecule has 2 nitrogen and oxygen atoms in total. The fraction of sp³-hybridized carbons (Fsp3) is 0.500. The molecular formula is C12H15ClFNO. The molecule has 0 saturated heterocycles. The van der Waals surface area contributed by atoms with Crippen molar-refractivity contribution >= 4 is 11.6 Å². The number of rotatable bonds is 1. The van der Waals surface area contributed by atoms with Gasteiger partial charge in [0.1, 0.15) is 5.82 Å². The third-order valence-corrected chi connectivity index (χ3v) is 3.52. The van der Waals surface area contributed by atoms with Crippen LogP contribution in [-0.2, 0) is 5.60 Å². The largest absolute Gasteiger partial charge is 0.385 e. The molecule has 0 aliphatic heterocycles. The van der Waals surface area contributed by atoms with Crippen LogP contribution in [0.15, 0.2) is 18.2 Å². The molecule has 0 unspecified atom stereocenters. The van der Waals surface area contributed by atoms with Gasteiger partial charge in [-0.05, 0) is 37.8 Å². The van der Waals surface area contributed by atoms with Crippen molar-refractivity contribution < 1.29 is 9.50 Å². The van der Waals surface area contributed by atoms with Crippen molar-refractivity contribution in [1.82, 2.24) is 0 Å². The summed E-state index contributed by atoms with van der Waals surface area (Å²) in [7, 11) is 0. The molecule has 1 aliphatic carbocycles. The Balaban J connectivity index is 2.29. The van der Waals surface area contributed by atoms with Crippen LogP contribution in [0.1, 0.15) is 31.2 Å². The van der Waals surface area contributed by atoms with Crippen LogP contribution in [0.2, 0.25) is 5.02 Å². The van der Waals surface area contributed by atoms with Gasteiger partial charge in [-0.2, -0.15) is 0 Å². The molecule has 0 amide bonds. The first-order valence-electron chi connectivity index (χ1n) is 5.45. The lowest BCUT2D eigenvalue weighted by molar-refractivity contribution is -0.00798. The molecule has 0 spiro atoms. The van der Waals surface area contributed by atoms with Crippen LogP contribution in [0.4, 0.5) is 4.39 Å². The van der Waals surface area contributed by atoms with Crippen molar-refractivity contribution in [1.29, 1.82) is 0 Å². The second-order valence-electron chi connectivity index (χ2n) is 4.49. The molecule has 4 heteroatoms. The Bertz CT molecular complexity index is 389. The van der Waals surface area contributed by atoms with Crippen LogP contribution in [0.5, 0.6) is 0 Å². The summed E-state index contributed by atoms with van der Waals surface area (Å²) in [5.41, 5.74) is 5.03. The van der Waals surface area contributed by atoms with Gasteiger partial charge in [-0.25, -0.2) is 4.39 Å².